The minimum Gasteiger partial charge on any atom is -0.389 e. The highest BCUT2D eigenvalue weighted by molar-refractivity contribution is 7.80. The molecule has 1 aromatic rings. The maximum absolute atomic E-state index is 11.6. The van der Waals surface area contributed by atoms with Crippen LogP contribution in [0.4, 0.5) is 5.69 Å². The zero-order valence-corrected chi connectivity index (χ0v) is 10.2. The van der Waals surface area contributed by atoms with Crippen LogP contribution in [0.2, 0.25) is 0 Å². The predicted octanol–water partition coefficient (Wildman–Crippen LogP) is 1.01. The van der Waals surface area contributed by atoms with Crippen LogP contribution in [0.5, 0.6) is 0 Å². The predicted molar refractivity (Wildman–Crippen MR) is 72.0 cm³/mol. The maximum atomic E-state index is 11.6. The van der Waals surface area contributed by atoms with Gasteiger partial charge in [-0.05, 0) is 37.1 Å². The van der Waals surface area contributed by atoms with E-state index in [9.17, 15) is 4.79 Å². The average molecular weight is 249 g/mol. The van der Waals surface area contributed by atoms with E-state index < -0.39 is 0 Å². The molecular weight excluding hydrogens is 234 g/mol. The summed E-state index contributed by atoms with van der Waals surface area (Å²) in [6.07, 6.45) is 1.87. The first-order valence-electron chi connectivity index (χ1n) is 5.61. The van der Waals surface area contributed by atoms with Gasteiger partial charge in [-0.3, -0.25) is 4.79 Å². The summed E-state index contributed by atoms with van der Waals surface area (Å²) in [5, 5.41) is 6.04. The number of carbonyl (C=O) groups is 1. The summed E-state index contributed by atoms with van der Waals surface area (Å²) in [6, 6.07) is 7.34. The first-order chi connectivity index (χ1) is 8.16. The molecule has 2 rings (SSSR count). The molecule has 0 bridgehead atoms. The molecule has 0 aromatic heterocycles. The molecule has 1 aliphatic heterocycles. The van der Waals surface area contributed by atoms with Crippen molar-refractivity contribution in [1.82, 2.24) is 5.32 Å². The number of anilines is 1. The van der Waals surface area contributed by atoms with E-state index in [-0.39, 0.29) is 11.9 Å². The second-order valence-corrected chi connectivity index (χ2v) is 4.51. The Morgan fingerprint density at radius 3 is 2.71 bits per heavy atom. The van der Waals surface area contributed by atoms with Crippen molar-refractivity contribution in [1.29, 1.82) is 0 Å². The summed E-state index contributed by atoms with van der Waals surface area (Å²) in [6.45, 7) is 0.775. The van der Waals surface area contributed by atoms with Crippen LogP contribution in [0.3, 0.4) is 0 Å². The molecule has 0 spiro atoms. The highest BCUT2D eigenvalue weighted by Gasteiger charge is 2.21. The van der Waals surface area contributed by atoms with E-state index in [1.807, 2.05) is 24.3 Å². The smallest absolute Gasteiger partial charge is 0.242 e. The van der Waals surface area contributed by atoms with Crippen LogP contribution in [0.15, 0.2) is 24.3 Å². The fourth-order valence-electron chi connectivity index (χ4n) is 1.84. The molecule has 1 saturated heterocycles. The molecule has 1 aliphatic rings. The van der Waals surface area contributed by atoms with Crippen LogP contribution < -0.4 is 16.4 Å². The molecule has 0 aliphatic carbocycles. The first kappa shape index (κ1) is 11.9. The van der Waals surface area contributed by atoms with Gasteiger partial charge in [0.2, 0.25) is 5.91 Å². The van der Waals surface area contributed by atoms with Crippen LogP contribution in [-0.4, -0.2) is 23.5 Å². The quantitative estimate of drug-likeness (QED) is 0.699. The third kappa shape index (κ3) is 2.94. The van der Waals surface area contributed by atoms with Crippen molar-refractivity contribution < 1.29 is 4.79 Å². The molecule has 90 valence electrons. The number of hydrogen-bond donors (Lipinski definition) is 3. The van der Waals surface area contributed by atoms with Crippen molar-refractivity contribution in [3.8, 4) is 0 Å². The summed E-state index contributed by atoms with van der Waals surface area (Å²) in [5.41, 5.74) is 7.26. The van der Waals surface area contributed by atoms with E-state index in [2.05, 4.69) is 10.6 Å². The Balaban J connectivity index is 2.03. The van der Waals surface area contributed by atoms with Gasteiger partial charge in [0.15, 0.2) is 0 Å². The highest BCUT2D eigenvalue weighted by atomic mass is 32.1. The van der Waals surface area contributed by atoms with Crippen molar-refractivity contribution in [2.45, 2.75) is 18.9 Å². The molecule has 4 nitrogen and oxygen atoms in total. The summed E-state index contributed by atoms with van der Waals surface area (Å²) in [5.74, 6) is 0.0645. The van der Waals surface area contributed by atoms with Crippen molar-refractivity contribution in [3.05, 3.63) is 29.8 Å². The van der Waals surface area contributed by atoms with Gasteiger partial charge >= 0.3 is 0 Å². The summed E-state index contributed by atoms with van der Waals surface area (Å²) < 4.78 is 0. The molecule has 1 heterocycles. The molecule has 1 aromatic carbocycles. The number of hydrogen-bond acceptors (Lipinski definition) is 3. The number of nitrogens with one attached hydrogen (secondary N) is 2. The number of thiocarbonyl (C=S) groups is 1. The van der Waals surface area contributed by atoms with E-state index in [0.29, 0.717) is 4.99 Å². The van der Waals surface area contributed by atoms with E-state index in [1.165, 1.54) is 0 Å². The molecule has 0 radical (unpaired) electrons. The molecule has 1 fully saturated rings. The van der Waals surface area contributed by atoms with Gasteiger partial charge in [0, 0.05) is 17.8 Å². The van der Waals surface area contributed by atoms with Crippen molar-refractivity contribution in [2.24, 2.45) is 5.73 Å². The first-order valence-corrected chi connectivity index (χ1v) is 6.02. The Kier molecular flexibility index (Phi) is 3.58. The van der Waals surface area contributed by atoms with Gasteiger partial charge in [-0.15, -0.1) is 0 Å². The van der Waals surface area contributed by atoms with Crippen LogP contribution in [0.1, 0.15) is 18.4 Å². The normalized spacial score (nSPS) is 19.5. The fourth-order valence-corrected chi connectivity index (χ4v) is 1.98. The van der Waals surface area contributed by atoms with E-state index >= 15 is 0 Å². The second-order valence-electron chi connectivity index (χ2n) is 4.07. The van der Waals surface area contributed by atoms with Gasteiger partial charge in [0.05, 0.1) is 0 Å². The van der Waals surface area contributed by atoms with Crippen LogP contribution >= 0.6 is 12.2 Å². The van der Waals surface area contributed by atoms with Gasteiger partial charge in [0.25, 0.3) is 0 Å². The molecule has 17 heavy (non-hydrogen) atoms. The summed E-state index contributed by atoms with van der Waals surface area (Å²) in [4.78, 5) is 11.9. The number of piperidine rings is 1. The molecule has 1 atom stereocenters. The lowest BCUT2D eigenvalue weighted by atomic mass is 10.1. The van der Waals surface area contributed by atoms with Gasteiger partial charge in [-0.2, -0.15) is 0 Å². The standard InChI is InChI=1S/C12H15N3OS/c13-11(17)8-3-5-9(6-4-8)15-10-2-1-7-14-12(10)16/h3-6,10,15H,1-2,7H2,(H2,13,17)(H,14,16). The SMILES string of the molecule is NC(=S)c1ccc(NC2CCCNC2=O)cc1. The molecule has 1 unspecified atom stereocenters. The molecule has 0 saturated carbocycles. The number of amides is 1. The van der Waals surface area contributed by atoms with Gasteiger partial charge in [-0.25, -0.2) is 0 Å². The van der Waals surface area contributed by atoms with Crippen LogP contribution in [0, 0.1) is 0 Å². The van der Waals surface area contributed by atoms with E-state index in [0.717, 1.165) is 30.6 Å². The minimum absolute atomic E-state index is 0.0645. The monoisotopic (exact) mass is 249 g/mol. The fraction of sp³-hybridized carbons (Fsp3) is 0.333. The van der Waals surface area contributed by atoms with Crippen molar-refractivity contribution in [3.63, 3.8) is 0 Å². The topological polar surface area (TPSA) is 67.2 Å². The van der Waals surface area contributed by atoms with Crippen LogP contribution in [-0.2, 0) is 4.79 Å². The largest absolute Gasteiger partial charge is 0.389 e. The molecule has 5 heteroatoms. The third-order valence-corrected chi connectivity index (χ3v) is 3.03. The number of benzene rings is 1. The van der Waals surface area contributed by atoms with Gasteiger partial charge < -0.3 is 16.4 Å². The van der Waals surface area contributed by atoms with Gasteiger partial charge in [-0.1, -0.05) is 12.2 Å². The summed E-state index contributed by atoms with van der Waals surface area (Å²) >= 11 is 4.88. The Bertz CT molecular complexity index is 430. The Morgan fingerprint density at radius 2 is 2.12 bits per heavy atom. The number of nitrogens with two attached hydrogens (primary N) is 1. The van der Waals surface area contributed by atoms with Crippen molar-refractivity contribution in [2.75, 3.05) is 11.9 Å². The second kappa shape index (κ2) is 5.14. The Labute approximate surface area is 106 Å². The Hall–Kier alpha value is -1.62. The van der Waals surface area contributed by atoms with Crippen LogP contribution in [0.25, 0.3) is 0 Å². The molecular formula is C12H15N3OS. The maximum Gasteiger partial charge on any atom is 0.242 e. The van der Waals surface area contributed by atoms with Crippen molar-refractivity contribution >= 4 is 28.8 Å². The average Bonchev–Trinajstić information content (AvgIpc) is 2.33. The lowest BCUT2D eigenvalue weighted by Crippen LogP contribution is -2.44. The van der Waals surface area contributed by atoms with E-state index in [1.54, 1.807) is 0 Å². The van der Waals surface area contributed by atoms with Gasteiger partial charge in [0.1, 0.15) is 11.0 Å². The number of carbonyl (C=O) groups excluding carboxylic acids is 1. The third-order valence-electron chi connectivity index (χ3n) is 2.80. The zero-order valence-electron chi connectivity index (χ0n) is 9.40. The zero-order chi connectivity index (χ0) is 12.3. The Morgan fingerprint density at radius 1 is 1.41 bits per heavy atom. The molecule has 4 N–H and O–H groups in total. The lowest BCUT2D eigenvalue weighted by Gasteiger charge is -2.23. The summed E-state index contributed by atoms with van der Waals surface area (Å²) in [7, 11) is 0. The van der Waals surface area contributed by atoms with E-state index in [4.69, 9.17) is 18.0 Å². The lowest BCUT2D eigenvalue weighted by molar-refractivity contribution is -0.123. The number of rotatable bonds is 3. The minimum atomic E-state index is -0.139. The molecule has 1 amide bonds. The highest BCUT2D eigenvalue weighted by Crippen LogP contribution is 2.14.